The molecule has 0 radical (unpaired) electrons. The second-order valence-corrected chi connectivity index (χ2v) is 6.59. The molecule has 1 unspecified atom stereocenters. The van der Waals surface area contributed by atoms with E-state index in [1.165, 1.54) is 12.8 Å². The molecule has 3 nitrogen and oxygen atoms in total. The zero-order chi connectivity index (χ0) is 13.8. The predicted octanol–water partition coefficient (Wildman–Crippen LogP) is 2.79. The molecule has 106 valence electrons. The van der Waals surface area contributed by atoms with Gasteiger partial charge in [0.25, 0.3) is 0 Å². The van der Waals surface area contributed by atoms with Gasteiger partial charge in [0.15, 0.2) is 0 Å². The van der Waals surface area contributed by atoms with Crippen LogP contribution in [0.3, 0.4) is 0 Å². The fourth-order valence-corrected chi connectivity index (χ4v) is 2.68. The highest BCUT2D eigenvalue weighted by molar-refractivity contribution is 5.76. The summed E-state index contributed by atoms with van der Waals surface area (Å²) in [5.41, 5.74) is 5.93. The van der Waals surface area contributed by atoms with Crippen molar-refractivity contribution in [3.8, 4) is 0 Å². The Morgan fingerprint density at radius 3 is 2.33 bits per heavy atom. The van der Waals surface area contributed by atoms with Crippen LogP contribution in [0.2, 0.25) is 0 Å². The number of carbonyl (C=O) groups excluding carboxylic acids is 1. The largest absolute Gasteiger partial charge is 0.340 e. The van der Waals surface area contributed by atoms with E-state index in [0.717, 1.165) is 25.9 Å². The lowest BCUT2D eigenvalue weighted by Gasteiger charge is -2.31. The van der Waals surface area contributed by atoms with E-state index in [1.807, 2.05) is 0 Å². The van der Waals surface area contributed by atoms with E-state index in [0.29, 0.717) is 24.3 Å². The zero-order valence-corrected chi connectivity index (χ0v) is 12.5. The molecule has 1 aliphatic rings. The molecule has 0 heterocycles. The Kier molecular flexibility index (Phi) is 5.64. The van der Waals surface area contributed by atoms with E-state index in [9.17, 15) is 4.79 Å². The molecule has 0 aliphatic heterocycles. The van der Waals surface area contributed by atoms with Crippen molar-refractivity contribution in [1.29, 1.82) is 0 Å². The Labute approximate surface area is 112 Å². The van der Waals surface area contributed by atoms with Crippen molar-refractivity contribution >= 4 is 5.91 Å². The molecular weight excluding hydrogens is 224 g/mol. The molecule has 3 heteroatoms. The minimum Gasteiger partial charge on any atom is -0.340 e. The molecule has 1 rings (SSSR count). The second kappa shape index (κ2) is 6.55. The minimum atomic E-state index is 0.246. The summed E-state index contributed by atoms with van der Waals surface area (Å²) in [6.45, 7) is 10.4. The average molecular weight is 254 g/mol. The molecule has 0 saturated heterocycles. The summed E-state index contributed by atoms with van der Waals surface area (Å²) in [7, 11) is 0. The van der Waals surface area contributed by atoms with Crippen LogP contribution in [0.15, 0.2) is 0 Å². The Morgan fingerprint density at radius 1 is 1.33 bits per heavy atom. The number of amides is 1. The summed E-state index contributed by atoms with van der Waals surface area (Å²) in [5, 5.41) is 0. The van der Waals surface area contributed by atoms with Gasteiger partial charge in [-0.3, -0.25) is 4.79 Å². The standard InChI is InChI=1S/C15H30N2O/c1-5-17(13-7-8-13)14(18)9-6-12(10-11-16)15(2,3)4/h12-13H,5-11,16H2,1-4H3. The first kappa shape index (κ1) is 15.5. The fourth-order valence-electron chi connectivity index (χ4n) is 2.68. The monoisotopic (exact) mass is 254 g/mol. The molecule has 1 saturated carbocycles. The molecule has 0 aromatic heterocycles. The Bertz CT molecular complexity index is 266. The summed E-state index contributed by atoms with van der Waals surface area (Å²) in [4.78, 5) is 14.2. The van der Waals surface area contributed by atoms with Gasteiger partial charge in [-0.25, -0.2) is 0 Å². The summed E-state index contributed by atoms with van der Waals surface area (Å²) >= 11 is 0. The van der Waals surface area contributed by atoms with Crippen LogP contribution in [0.1, 0.15) is 59.8 Å². The van der Waals surface area contributed by atoms with E-state index in [2.05, 4.69) is 32.6 Å². The van der Waals surface area contributed by atoms with E-state index in [1.54, 1.807) is 0 Å². The quantitative estimate of drug-likeness (QED) is 0.759. The Morgan fingerprint density at radius 2 is 1.94 bits per heavy atom. The molecule has 1 amide bonds. The van der Waals surface area contributed by atoms with Crippen LogP contribution >= 0.6 is 0 Å². The van der Waals surface area contributed by atoms with Gasteiger partial charge in [-0.1, -0.05) is 20.8 Å². The lowest BCUT2D eigenvalue weighted by molar-refractivity contribution is -0.132. The number of nitrogens with zero attached hydrogens (tertiary/aromatic N) is 1. The topological polar surface area (TPSA) is 46.3 Å². The molecule has 0 bridgehead atoms. The van der Waals surface area contributed by atoms with Crippen molar-refractivity contribution < 1.29 is 4.79 Å². The van der Waals surface area contributed by atoms with Gasteiger partial charge in [0.2, 0.25) is 5.91 Å². The number of hydrogen-bond acceptors (Lipinski definition) is 2. The predicted molar refractivity (Wildman–Crippen MR) is 76.3 cm³/mol. The van der Waals surface area contributed by atoms with Crippen molar-refractivity contribution in [3.05, 3.63) is 0 Å². The smallest absolute Gasteiger partial charge is 0.222 e. The van der Waals surface area contributed by atoms with E-state index < -0.39 is 0 Å². The highest BCUT2D eigenvalue weighted by Crippen LogP contribution is 2.33. The third-order valence-corrected chi connectivity index (χ3v) is 4.10. The first-order chi connectivity index (χ1) is 8.40. The molecule has 2 N–H and O–H groups in total. The average Bonchev–Trinajstić information content (AvgIpc) is 3.08. The van der Waals surface area contributed by atoms with Crippen LogP contribution in [0.4, 0.5) is 0 Å². The van der Waals surface area contributed by atoms with Crippen molar-refractivity contribution in [2.24, 2.45) is 17.1 Å². The molecule has 0 aromatic rings. The van der Waals surface area contributed by atoms with Gasteiger partial charge in [-0.2, -0.15) is 0 Å². The van der Waals surface area contributed by atoms with E-state index >= 15 is 0 Å². The number of nitrogens with two attached hydrogens (primary N) is 1. The summed E-state index contributed by atoms with van der Waals surface area (Å²) < 4.78 is 0. The molecule has 0 aromatic carbocycles. The maximum Gasteiger partial charge on any atom is 0.222 e. The summed E-state index contributed by atoms with van der Waals surface area (Å²) in [6, 6.07) is 0.546. The van der Waals surface area contributed by atoms with Crippen LogP contribution in [0.25, 0.3) is 0 Å². The van der Waals surface area contributed by atoms with Crippen LogP contribution in [-0.4, -0.2) is 29.9 Å². The van der Waals surface area contributed by atoms with Gasteiger partial charge < -0.3 is 10.6 Å². The summed E-state index contributed by atoms with van der Waals surface area (Å²) in [6.07, 6.45) is 5.08. The molecule has 18 heavy (non-hydrogen) atoms. The fraction of sp³-hybridized carbons (Fsp3) is 0.933. The lowest BCUT2D eigenvalue weighted by Crippen LogP contribution is -2.34. The van der Waals surface area contributed by atoms with Gasteiger partial charge in [0, 0.05) is 19.0 Å². The van der Waals surface area contributed by atoms with E-state index in [-0.39, 0.29) is 5.41 Å². The third-order valence-electron chi connectivity index (χ3n) is 4.10. The highest BCUT2D eigenvalue weighted by atomic mass is 16.2. The van der Waals surface area contributed by atoms with Crippen molar-refractivity contribution in [2.75, 3.05) is 13.1 Å². The lowest BCUT2D eigenvalue weighted by atomic mass is 9.76. The van der Waals surface area contributed by atoms with Gasteiger partial charge in [-0.15, -0.1) is 0 Å². The van der Waals surface area contributed by atoms with Crippen molar-refractivity contribution in [1.82, 2.24) is 4.90 Å². The first-order valence-electron chi connectivity index (χ1n) is 7.39. The van der Waals surface area contributed by atoms with Crippen LogP contribution in [0.5, 0.6) is 0 Å². The van der Waals surface area contributed by atoms with Crippen molar-refractivity contribution in [2.45, 2.75) is 65.8 Å². The van der Waals surface area contributed by atoms with Crippen LogP contribution in [-0.2, 0) is 4.79 Å². The molecule has 1 aliphatic carbocycles. The van der Waals surface area contributed by atoms with Gasteiger partial charge in [0.05, 0.1) is 0 Å². The zero-order valence-electron chi connectivity index (χ0n) is 12.5. The Hall–Kier alpha value is -0.570. The highest BCUT2D eigenvalue weighted by Gasteiger charge is 2.32. The normalized spacial score (nSPS) is 17.6. The number of hydrogen-bond donors (Lipinski definition) is 1. The number of rotatable bonds is 7. The van der Waals surface area contributed by atoms with Crippen molar-refractivity contribution in [3.63, 3.8) is 0 Å². The molecular formula is C15H30N2O. The van der Waals surface area contributed by atoms with Gasteiger partial charge in [0.1, 0.15) is 0 Å². The maximum absolute atomic E-state index is 12.2. The minimum absolute atomic E-state index is 0.246. The molecule has 0 spiro atoms. The van der Waals surface area contributed by atoms with Gasteiger partial charge in [-0.05, 0) is 50.5 Å². The SMILES string of the molecule is CCN(C(=O)CCC(CCN)C(C)(C)C)C1CC1. The van der Waals surface area contributed by atoms with Crippen LogP contribution in [0, 0.1) is 11.3 Å². The van der Waals surface area contributed by atoms with Gasteiger partial charge >= 0.3 is 0 Å². The second-order valence-electron chi connectivity index (χ2n) is 6.59. The first-order valence-corrected chi connectivity index (χ1v) is 7.39. The maximum atomic E-state index is 12.2. The van der Waals surface area contributed by atoms with E-state index in [4.69, 9.17) is 5.73 Å². The Balaban J connectivity index is 2.43. The number of carbonyl (C=O) groups is 1. The summed E-state index contributed by atoms with van der Waals surface area (Å²) in [5.74, 6) is 0.885. The molecule has 1 atom stereocenters. The van der Waals surface area contributed by atoms with Crippen LogP contribution < -0.4 is 5.73 Å². The molecule has 1 fully saturated rings. The third kappa shape index (κ3) is 4.60.